The number of benzene rings is 1. The Kier molecular flexibility index (Phi) is 7.31. The smallest absolute Gasteiger partial charge is 0.126 e. The minimum atomic E-state index is -0.142. The molecule has 0 unspecified atom stereocenters. The van der Waals surface area contributed by atoms with E-state index in [0.29, 0.717) is 17.9 Å². The summed E-state index contributed by atoms with van der Waals surface area (Å²) in [7, 11) is 0. The lowest BCUT2D eigenvalue weighted by Gasteiger charge is -2.38. The van der Waals surface area contributed by atoms with E-state index in [0.717, 1.165) is 23.3 Å². The summed E-state index contributed by atoms with van der Waals surface area (Å²) in [4.78, 5) is 0. The van der Waals surface area contributed by atoms with Gasteiger partial charge in [0, 0.05) is 6.61 Å². The Hall–Kier alpha value is -1.15. The maximum Gasteiger partial charge on any atom is 0.126 e. The number of aliphatic hydroxyl groups is 1. The lowest BCUT2D eigenvalue weighted by atomic mass is 9.68. The molecule has 2 aliphatic rings. The fourth-order valence-electron chi connectivity index (χ4n) is 5.37. The molecule has 0 spiro atoms. The van der Waals surface area contributed by atoms with Crippen LogP contribution in [0.5, 0.6) is 0 Å². The molecule has 1 N–H and O–H groups in total. The SMILES string of the molecule is C=CCCC1CCC(C2CCC(c3ccc(CCO)c(F)c3)CC2)CC1. The minimum Gasteiger partial charge on any atom is -0.396 e. The van der Waals surface area contributed by atoms with E-state index >= 15 is 0 Å². The third-order valence-electron chi connectivity index (χ3n) is 7.04. The highest BCUT2D eigenvalue weighted by Gasteiger charge is 2.31. The molecule has 0 amide bonds. The molecule has 2 saturated carbocycles. The van der Waals surface area contributed by atoms with Gasteiger partial charge in [0.25, 0.3) is 0 Å². The third-order valence-corrected chi connectivity index (χ3v) is 7.04. The Bertz CT molecular complexity index is 566. The van der Waals surface area contributed by atoms with Crippen molar-refractivity contribution in [3.05, 3.63) is 47.8 Å². The summed E-state index contributed by atoms with van der Waals surface area (Å²) in [6.07, 6.45) is 15.7. The van der Waals surface area contributed by atoms with Crippen LogP contribution in [-0.4, -0.2) is 11.7 Å². The zero-order chi connectivity index (χ0) is 18.4. The predicted octanol–water partition coefficient (Wildman–Crippen LogP) is 6.41. The monoisotopic (exact) mass is 358 g/mol. The van der Waals surface area contributed by atoms with E-state index in [1.807, 2.05) is 6.07 Å². The number of hydrogen-bond donors (Lipinski definition) is 1. The Balaban J connectivity index is 1.47. The summed E-state index contributed by atoms with van der Waals surface area (Å²) in [5, 5.41) is 9.00. The molecule has 1 aromatic rings. The molecule has 1 aromatic carbocycles. The summed E-state index contributed by atoms with van der Waals surface area (Å²) in [6, 6.07) is 5.68. The van der Waals surface area contributed by atoms with E-state index in [2.05, 4.69) is 18.7 Å². The van der Waals surface area contributed by atoms with Crippen LogP contribution in [-0.2, 0) is 6.42 Å². The van der Waals surface area contributed by atoms with Gasteiger partial charge in [-0.3, -0.25) is 0 Å². The van der Waals surface area contributed by atoms with Crippen LogP contribution < -0.4 is 0 Å². The zero-order valence-corrected chi connectivity index (χ0v) is 16.1. The van der Waals surface area contributed by atoms with Gasteiger partial charge in [0.15, 0.2) is 0 Å². The normalized spacial score (nSPS) is 29.5. The summed E-state index contributed by atoms with van der Waals surface area (Å²) in [6.45, 7) is 3.86. The molecule has 0 heterocycles. The van der Waals surface area contributed by atoms with E-state index in [-0.39, 0.29) is 12.4 Å². The molecule has 0 saturated heterocycles. The molecule has 2 aliphatic carbocycles. The van der Waals surface area contributed by atoms with Crippen molar-refractivity contribution in [3.8, 4) is 0 Å². The van der Waals surface area contributed by atoms with E-state index in [1.54, 1.807) is 6.07 Å². The molecular formula is C24H35FO. The average Bonchev–Trinajstić information content (AvgIpc) is 2.69. The minimum absolute atomic E-state index is 0.0111. The highest BCUT2D eigenvalue weighted by atomic mass is 19.1. The standard InChI is InChI=1S/C24H35FO/c1-2-3-4-18-5-7-19(8-6-18)20-9-11-21(12-10-20)23-14-13-22(15-16-26)24(25)17-23/h2,13-14,17-21,26H,1,3-12,15-16H2. The highest BCUT2D eigenvalue weighted by Crippen LogP contribution is 2.44. The fourth-order valence-corrected chi connectivity index (χ4v) is 5.37. The summed E-state index contributed by atoms with van der Waals surface area (Å²) < 4.78 is 14.2. The lowest BCUT2D eigenvalue weighted by molar-refractivity contribution is 0.157. The number of halogens is 1. The molecule has 0 atom stereocenters. The van der Waals surface area contributed by atoms with Gasteiger partial charge >= 0.3 is 0 Å². The van der Waals surface area contributed by atoms with Crippen molar-refractivity contribution in [2.24, 2.45) is 17.8 Å². The number of rotatable bonds is 7. The molecule has 0 aliphatic heterocycles. The Morgan fingerprint density at radius 1 is 1.00 bits per heavy atom. The van der Waals surface area contributed by atoms with Crippen LogP contribution in [0.4, 0.5) is 4.39 Å². The predicted molar refractivity (Wildman–Crippen MR) is 107 cm³/mol. The average molecular weight is 359 g/mol. The van der Waals surface area contributed by atoms with Crippen LogP contribution in [0.15, 0.2) is 30.9 Å². The zero-order valence-electron chi connectivity index (χ0n) is 16.1. The van der Waals surface area contributed by atoms with E-state index in [1.165, 1.54) is 64.2 Å². The Morgan fingerprint density at radius 2 is 1.65 bits per heavy atom. The molecule has 3 rings (SSSR count). The number of hydrogen-bond acceptors (Lipinski definition) is 1. The summed E-state index contributed by atoms with van der Waals surface area (Å²) in [5.74, 6) is 3.13. The van der Waals surface area contributed by atoms with Crippen molar-refractivity contribution in [3.63, 3.8) is 0 Å². The van der Waals surface area contributed by atoms with Gasteiger partial charge in [-0.15, -0.1) is 6.58 Å². The number of aliphatic hydroxyl groups excluding tert-OH is 1. The fraction of sp³-hybridized carbons (Fsp3) is 0.667. The van der Waals surface area contributed by atoms with Gasteiger partial charge in [-0.1, -0.05) is 31.1 Å². The molecule has 1 nitrogen and oxygen atoms in total. The van der Waals surface area contributed by atoms with Crippen molar-refractivity contribution in [2.45, 2.75) is 76.5 Å². The quantitative estimate of drug-likeness (QED) is 0.559. The molecular weight excluding hydrogens is 323 g/mol. The molecule has 2 heteroatoms. The molecule has 144 valence electrons. The van der Waals surface area contributed by atoms with Crippen molar-refractivity contribution in [1.29, 1.82) is 0 Å². The van der Waals surface area contributed by atoms with Gasteiger partial charge in [0.05, 0.1) is 0 Å². The first-order chi connectivity index (χ1) is 12.7. The van der Waals surface area contributed by atoms with Gasteiger partial charge in [-0.05, 0) is 98.7 Å². The first-order valence-corrected chi connectivity index (χ1v) is 10.7. The van der Waals surface area contributed by atoms with Gasteiger partial charge in [0.2, 0.25) is 0 Å². The molecule has 0 radical (unpaired) electrons. The van der Waals surface area contributed by atoms with Crippen LogP contribution in [0.2, 0.25) is 0 Å². The first kappa shape index (κ1) is 19.6. The van der Waals surface area contributed by atoms with Gasteiger partial charge < -0.3 is 5.11 Å². The molecule has 26 heavy (non-hydrogen) atoms. The largest absolute Gasteiger partial charge is 0.396 e. The van der Waals surface area contributed by atoms with E-state index in [9.17, 15) is 4.39 Å². The molecule has 2 fully saturated rings. The Morgan fingerprint density at radius 3 is 2.23 bits per heavy atom. The van der Waals surface area contributed by atoms with Gasteiger partial charge in [-0.25, -0.2) is 4.39 Å². The van der Waals surface area contributed by atoms with Crippen molar-refractivity contribution >= 4 is 0 Å². The van der Waals surface area contributed by atoms with Crippen LogP contribution in [0, 0.1) is 23.6 Å². The lowest BCUT2D eigenvalue weighted by Crippen LogP contribution is -2.25. The van der Waals surface area contributed by atoms with Crippen molar-refractivity contribution in [1.82, 2.24) is 0 Å². The van der Waals surface area contributed by atoms with Crippen molar-refractivity contribution in [2.75, 3.05) is 6.61 Å². The molecule has 0 bridgehead atoms. The van der Waals surface area contributed by atoms with Crippen LogP contribution in [0.1, 0.15) is 81.3 Å². The second kappa shape index (κ2) is 9.69. The third kappa shape index (κ3) is 4.97. The molecule has 0 aromatic heterocycles. The van der Waals surface area contributed by atoms with Gasteiger partial charge in [-0.2, -0.15) is 0 Å². The maximum absolute atomic E-state index is 14.2. The topological polar surface area (TPSA) is 20.2 Å². The maximum atomic E-state index is 14.2. The second-order valence-electron chi connectivity index (χ2n) is 8.58. The second-order valence-corrected chi connectivity index (χ2v) is 8.58. The van der Waals surface area contributed by atoms with E-state index in [4.69, 9.17) is 5.11 Å². The Labute approximate surface area is 158 Å². The summed E-state index contributed by atoms with van der Waals surface area (Å²) in [5.41, 5.74) is 1.80. The van der Waals surface area contributed by atoms with Crippen molar-refractivity contribution < 1.29 is 9.50 Å². The van der Waals surface area contributed by atoms with Crippen LogP contribution >= 0.6 is 0 Å². The van der Waals surface area contributed by atoms with Crippen LogP contribution in [0.25, 0.3) is 0 Å². The van der Waals surface area contributed by atoms with Crippen LogP contribution in [0.3, 0.4) is 0 Å². The van der Waals surface area contributed by atoms with Gasteiger partial charge in [0.1, 0.15) is 5.82 Å². The first-order valence-electron chi connectivity index (χ1n) is 10.7. The van der Waals surface area contributed by atoms with E-state index < -0.39 is 0 Å². The highest BCUT2D eigenvalue weighted by molar-refractivity contribution is 5.27. The summed E-state index contributed by atoms with van der Waals surface area (Å²) >= 11 is 0. The number of allylic oxidation sites excluding steroid dienone is 1.